The molecule has 1 unspecified atom stereocenters. The summed E-state index contributed by atoms with van der Waals surface area (Å²) in [5.41, 5.74) is 3.23. The van der Waals surface area contributed by atoms with Crippen molar-refractivity contribution in [2.75, 3.05) is 43.1 Å². The first kappa shape index (κ1) is 37.9. The highest BCUT2D eigenvalue weighted by Crippen LogP contribution is 2.25. The molecule has 0 saturated heterocycles. The van der Waals surface area contributed by atoms with Gasteiger partial charge in [-0.25, -0.2) is 27.6 Å². The predicted octanol–water partition coefficient (Wildman–Crippen LogP) is 5.51. The van der Waals surface area contributed by atoms with Gasteiger partial charge in [0.2, 0.25) is 0 Å². The fourth-order valence-electron chi connectivity index (χ4n) is 4.59. The maximum atomic E-state index is 14.5. The monoisotopic (exact) mass is 653 g/mol. The van der Waals surface area contributed by atoms with Crippen LogP contribution in [0.1, 0.15) is 66.5 Å². The zero-order valence-electron chi connectivity index (χ0n) is 28.0. The summed E-state index contributed by atoms with van der Waals surface area (Å²) in [5.74, 6) is -0.695. The summed E-state index contributed by atoms with van der Waals surface area (Å²) in [4.78, 5) is 35.7. The van der Waals surface area contributed by atoms with Crippen molar-refractivity contribution in [3.8, 4) is 0 Å². The molecule has 0 saturated carbocycles. The Balaban J connectivity index is 0.00000177. The van der Waals surface area contributed by atoms with Crippen LogP contribution in [0.25, 0.3) is 0 Å². The molecule has 3 aromatic rings. The number of halogens is 1. The number of hydrogen-bond acceptors (Lipinski definition) is 8. The average Bonchev–Trinajstić information content (AvgIpc) is 3.04. The third kappa shape index (κ3) is 10.1. The summed E-state index contributed by atoms with van der Waals surface area (Å²) >= 11 is 0. The fraction of sp³-hybridized carbons (Fsp3) is 0.382. The van der Waals surface area contributed by atoms with Crippen molar-refractivity contribution in [2.24, 2.45) is 0 Å². The molecule has 1 aromatic carbocycles. The van der Waals surface area contributed by atoms with E-state index >= 15 is 0 Å². The lowest BCUT2D eigenvalue weighted by Gasteiger charge is -2.29. The summed E-state index contributed by atoms with van der Waals surface area (Å²) in [6.45, 7) is 18.9. The molecule has 2 amide bonds. The molecular formula is C34H46FN6O4S+. The molecule has 2 aromatic heterocycles. The zero-order chi connectivity index (χ0) is 34.6. The van der Waals surface area contributed by atoms with Crippen LogP contribution >= 0.6 is 0 Å². The minimum atomic E-state index is -3.42. The Morgan fingerprint density at radius 2 is 1.74 bits per heavy atom. The summed E-state index contributed by atoms with van der Waals surface area (Å²) in [5, 5.41) is 6.14. The molecule has 1 atom stereocenters. The number of pyridine rings is 2. The van der Waals surface area contributed by atoms with E-state index in [0.29, 0.717) is 48.6 Å². The summed E-state index contributed by atoms with van der Waals surface area (Å²) in [7, 11) is -3.42. The van der Waals surface area contributed by atoms with E-state index in [4.69, 9.17) is 0 Å². The second-order valence-electron chi connectivity index (χ2n) is 10.3. The van der Waals surface area contributed by atoms with Gasteiger partial charge >= 0.3 is 5.91 Å². The van der Waals surface area contributed by atoms with Crippen LogP contribution in [-0.4, -0.2) is 78.3 Å². The van der Waals surface area contributed by atoms with Crippen molar-refractivity contribution in [2.45, 2.75) is 59.4 Å². The number of aromatic nitrogens is 2. The van der Waals surface area contributed by atoms with Gasteiger partial charge in [0.15, 0.2) is 22.6 Å². The molecule has 0 radical (unpaired) electrons. The van der Waals surface area contributed by atoms with Gasteiger partial charge < -0.3 is 10.6 Å². The smallest absolute Gasteiger partial charge is 0.376 e. The van der Waals surface area contributed by atoms with Gasteiger partial charge in [-0.15, -0.1) is 0 Å². The molecule has 0 aliphatic carbocycles. The normalized spacial score (nSPS) is 13.5. The van der Waals surface area contributed by atoms with Crippen LogP contribution in [-0.2, 0) is 14.6 Å². The number of aryl methyl sites for hydroxylation is 3. The van der Waals surface area contributed by atoms with Crippen molar-refractivity contribution in [1.29, 1.82) is 0 Å². The fourth-order valence-corrected chi connectivity index (χ4v) is 5.22. The zero-order valence-corrected chi connectivity index (χ0v) is 28.8. The molecule has 12 heteroatoms. The minimum Gasteiger partial charge on any atom is -0.376 e. The lowest BCUT2D eigenvalue weighted by Crippen LogP contribution is -2.43. The van der Waals surface area contributed by atoms with Gasteiger partial charge in [0, 0.05) is 25.1 Å². The first-order chi connectivity index (χ1) is 21.8. The van der Waals surface area contributed by atoms with E-state index in [1.165, 1.54) is 24.4 Å². The Morgan fingerprint density at radius 1 is 1.04 bits per heavy atom. The van der Waals surface area contributed by atoms with E-state index in [-0.39, 0.29) is 34.2 Å². The number of benzene rings is 1. The van der Waals surface area contributed by atoms with E-state index in [2.05, 4.69) is 32.1 Å². The van der Waals surface area contributed by atoms with Crippen LogP contribution in [0.5, 0.6) is 0 Å². The Hall–Kier alpha value is -4.29. The van der Waals surface area contributed by atoms with Crippen molar-refractivity contribution < 1.29 is 27.0 Å². The Kier molecular flexibility index (Phi) is 14.3. The van der Waals surface area contributed by atoms with Crippen LogP contribution in [0.15, 0.2) is 60.3 Å². The number of nitrogens with zero attached hydrogens (tertiary/aromatic N) is 4. The number of hydrogen-bond donors (Lipinski definition) is 2. The van der Waals surface area contributed by atoms with E-state index in [1.54, 1.807) is 43.7 Å². The molecule has 0 spiro atoms. The van der Waals surface area contributed by atoms with E-state index < -0.39 is 15.7 Å². The third-order valence-corrected chi connectivity index (χ3v) is 8.14. The number of nitrogens with one attached hydrogen (secondary N) is 2. The lowest BCUT2D eigenvalue weighted by molar-refractivity contribution is -0.446. The SMILES string of the molecule is C=CC(=O)[N+]1=CCN(CC(Nc2cnc(C(=O)Nc3ncc(S(C)(=O)=O)cc3C)c(C)c2)c2ccc(C)c(F)c2)CC1.CC.CC. The Bertz CT molecular complexity index is 1690. The maximum absolute atomic E-state index is 14.5. The minimum absolute atomic E-state index is 0.0655. The number of sulfone groups is 1. The summed E-state index contributed by atoms with van der Waals surface area (Å²) in [6, 6.07) is 8.07. The van der Waals surface area contributed by atoms with Gasteiger partial charge in [-0.3, -0.25) is 9.69 Å². The van der Waals surface area contributed by atoms with E-state index in [0.717, 1.165) is 11.8 Å². The first-order valence-electron chi connectivity index (χ1n) is 15.3. The topological polar surface area (TPSA) is 124 Å². The van der Waals surface area contributed by atoms with Gasteiger partial charge in [0.25, 0.3) is 5.91 Å². The quantitative estimate of drug-likeness (QED) is 0.229. The van der Waals surface area contributed by atoms with Crippen LogP contribution < -0.4 is 10.6 Å². The van der Waals surface area contributed by atoms with Gasteiger partial charge in [-0.05, 0) is 61.2 Å². The van der Waals surface area contributed by atoms with Gasteiger partial charge in [0.05, 0.1) is 35.9 Å². The molecule has 1 aliphatic rings. The van der Waals surface area contributed by atoms with Crippen molar-refractivity contribution in [3.05, 3.63) is 89.1 Å². The standard InChI is InChI=1S/C30H33FN6O4S.2C2H6/c1-6-27(38)37-11-9-36(10-12-37)18-26(22-8-7-19(2)25(31)15-22)34-23-13-20(3)28(32-16-23)30(39)35-29-21(4)14-24(17-33-29)42(5,40)41;2*1-2/h6-8,11,13-17,26H,1,9-10,12,18H2,2-5H3,(H-,33,34,35,39);2*1-2H3/p+1. The molecule has 248 valence electrons. The lowest BCUT2D eigenvalue weighted by atomic mass is 10.0. The summed E-state index contributed by atoms with van der Waals surface area (Å²) < 4.78 is 39.8. The maximum Gasteiger partial charge on any atom is 0.411 e. The summed E-state index contributed by atoms with van der Waals surface area (Å²) in [6.07, 6.45) is 6.95. The molecule has 10 nitrogen and oxygen atoms in total. The molecule has 3 heterocycles. The predicted molar refractivity (Wildman–Crippen MR) is 182 cm³/mol. The number of carbonyl (C=O) groups excluding carboxylic acids is 2. The van der Waals surface area contributed by atoms with Crippen LogP contribution in [0.2, 0.25) is 0 Å². The first-order valence-corrected chi connectivity index (χ1v) is 17.2. The van der Waals surface area contributed by atoms with Gasteiger partial charge in [-0.2, -0.15) is 4.58 Å². The molecule has 0 fully saturated rings. The van der Waals surface area contributed by atoms with E-state index in [9.17, 15) is 22.4 Å². The van der Waals surface area contributed by atoms with Crippen molar-refractivity contribution >= 4 is 39.4 Å². The molecule has 0 bridgehead atoms. The molecule has 4 rings (SSSR count). The highest BCUT2D eigenvalue weighted by molar-refractivity contribution is 7.90. The van der Waals surface area contributed by atoms with Gasteiger partial charge in [0.1, 0.15) is 17.3 Å². The Labute approximate surface area is 272 Å². The van der Waals surface area contributed by atoms with Crippen LogP contribution in [0.4, 0.5) is 15.9 Å². The second kappa shape index (κ2) is 17.4. The molecule has 2 N–H and O–H groups in total. The third-order valence-electron chi connectivity index (χ3n) is 7.06. The molecule has 46 heavy (non-hydrogen) atoms. The number of amides is 2. The average molecular weight is 654 g/mol. The number of rotatable bonds is 9. The van der Waals surface area contributed by atoms with Crippen molar-refractivity contribution in [3.63, 3.8) is 0 Å². The van der Waals surface area contributed by atoms with Crippen molar-refractivity contribution in [1.82, 2.24) is 14.9 Å². The number of carbonyl (C=O) groups is 2. The molecule has 1 aliphatic heterocycles. The highest BCUT2D eigenvalue weighted by Gasteiger charge is 2.25. The number of anilines is 2. The highest BCUT2D eigenvalue weighted by atomic mass is 32.2. The Morgan fingerprint density at radius 3 is 2.28 bits per heavy atom. The van der Waals surface area contributed by atoms with Gasteiger partial charge in [-0.1, -0.05) is 46.4 Å². The second-order valence-corrected chi connectivity index (χ2v) is 12.4. The molecular weight excluding hydrogens is 607 g/mol. The van der Waals surface area contributed by atoms with E-state index in [1.807, 2.05) is 40.0 Å². The van der Waals surface area contributed by atoms with Crippen LogP contribution in [0, 0.1) is 26.6 Å². The largest absolute Gasteiger partial charge is 0.411 e. The van der Waals surface area contributed by atoms with Crippen LogP contribution in [0.3, 0.4) is 0 Å².